The van der Waals surface area contributed by atoms with Crippen molar-refractivity contribution in [3.05, 3.63) is 0 Å². The topological polar surface area (TPSA) is 231 Å². The summed E-state index contributed by atoms with van der Waals surface area (Å²) in [5.41, 5.74) is 10.6. The third-order valence-electron chi connectivity index (χ3n) is 4.24. The number of rotatable bonds is 14. The van der Waals surface area contributed by atoms with Gasteiger partial charge in [-0.25, -0.2) is 0 Å². The summed E-state index contributed by atoms with van der Waals surface area (Å²) in [6, 6.07) is -3.75. The summed E-state index contributed by atoms with van der Waals surface area (Å²) in [5, 5.41) is 24.3. The summed E-state index contributed by atoms with van der Waals surface area (Å²) in [4.78, 5) is 69.4. The molecular formula is C17H29N5O8. The van der Waals surface area contributed by atoms with Crippen LogP contribution in [0.15, 0.2) is 0 Å². The van der Waals surface area contributed by atoms with E-state index >= 15 is 0 Å². The van der Waals surface area contributed by atoms with Crippen molar-refractivity contribution in [2.45, 2.75) is 57.7 Å². The second kappa shape index (κ2) is 13.1. The third-order valence-corrected chi connectivity index (χ3v) is 4.24. The van der Waals surface area contributed by atoms with Crippen LogP contribution in [-0.2, 0) is 28.8 Å². The molecule has 0 aromatic carbocycles. The Hall–Kier alpha value is -3.22. The second-order valence-electron chi connectivity index (χ2n) is 6.75. The van der Waals surface area contributed by atoms with Crippen molar-refractivity contribution >= 4 is 35.6 Å². The summed E-state index contributed by atoms with van der Waals surface area (Å²) in [5.74, 6) is -6.21. The molecule has 4 unspecified atom stereocenters. The minimum atomic E-state index is -1.34. The molecule has 0 saturated carbocycles. The van der Waals surface area contributed by atoms with E-state index in [1.807, 2.05) is 0 Å². The SMILES string of the molecule is CCC(C)C(NC(=O)C(N)CC(N)=O)C(=O)NC(CCC(=O)O)C(=O)NCC(=O)O. The lowest BCUT2D eigenvalue weighted by Crippen LogP contribution is -2.58. The summed E-state index contributed by atoms with van der Waals surface area (Å²) in [6.07, 6.45) is -0.738. The van der Waals surface area contributed by atoms with Gasteiger partial charge in [0.25, 0.3) is 0 Å². The molecule has 0 saturated heterocycles. The van der Waals surface area contributed by atoms with Gasteiger partial charge in [0.15, 0.2) is 0 Å². The number of aliphatic carboxylic acids is 2. The van der Waals surface area contributed by atoms with E-state index in [9.17, 15) is 28.8 Å². The smallest absolute Gasteiger partial charge is 0.322 e. The van der Waals surface area contributed by atoms with Gasteiger partial charge in [0.2, 0.25) is 23.6 Å². The highest BCUT2D eigenvalue weighted by Crippen LogP contribution is 2.10. The van der Waals surface area contributed by atoms with E-state index in [0.717, 1.165) is 0 Å². The molecule has 170 valence electrons. The zero-order chi connectivity index (χ0) is 23.4. The zero-order valence-corrected chi connectivity index (χ0v) is 16.8. The first kappa shape index (κ1) is 26.8. The van der Waals surface area contributed by atoms with E-state index in [1.165, 1.54) is 0 Å². The molecular weight excluding hydrogens is 402 g/mol. The molecule has 0 aromatic rings. The summed E-state index contributed by atoms with van der Waals surface area (Å²) < 4.78 is 0. The van der Waals surface area contributed by atoms with Gasteiger partial charge in [0, 0.05) is 6.42 Å². The molecule has 0 heterocycles. The number of nitrogens with one attached hydrogen (secondary N) is 3. The lowest BCUT2D eigenvalue weighted by molar-refractivity contribution is -0.140. The summed E-state index contributed by atoms with van der Waals surface area (Å²) in [7, 11) is 0. The van der Waals surface area contributed by atoms with Gasteiger partial charge in [-0.3, -0.25) is 28.8 Å². The van der Waals surface area contributed by atoms with Gasteiger partial charge >= 0.3 is 11.9 Å². The minimum Gasteiger partial charge on any atom is -0.481 e. The molecule has 0 aromatic heterocycles. The number of amides is 4. The highest BCUT2D eigenvalue weighted by molar-refractivity contribution is 5.95. The van der Waals surface area contributed by atoms with Crippen LogP contribution in [0.3, 0.4) is 0 Å². The number of primary amides is 1. The molecule has 13 heteroatoms. The number of hydrogen-bond acceptors (Lipinski definition) is 7. The molecule has 0 spiro atoms. The van der Waals surface area contributed by atoms with Crippen LogP contribution < -0.4 is 27.4 Å². The Bertz CT molecular complexity index is 669. The number of nitrogens with two attached hydrogens (primary N) is 2. The molecule has 4 amide bonds. The maximum Gasteiger partial charge on any atom is 0.322 e. The van der Waals surface area contributed by atoms with Crippen molar-refractivity contribution in [1.29, 1.82) is 0 Å². The van der Waals surface area contributed by atoms with Gasteiger partial charge in [-0.1, -0.05) is 20.3 Å². The first-order valence-corrected chi connectivity index (χ1v) is 9.24. The van der Waals surface area contributed by atoms with Gasteiger partial charge < -0.3 is 37.6 Å². The van der Waals surface area contributed by atoms with Crippen molar-refractivity contribution in [2.24, 2.45) is 17.4 Å². The molecule has 13 nitrogen and oxygen atoms in total. The van der Waals surface area contributed by atoms with E-state index in [-0.39, 0.29) is 6.42 Å². The Morgan fingerprint density at radius 1 is 0.933 bits per heavy atom. The lowest BCUT2D eigenvalue weighted by atomic mass is 9.97. The number of carbonyl (C=O) groups is 6. The first-order chi connectivity index (χ1) is 13.9. The van der Waals surface area contributed by atoms with E-state index in [2.05, 4.69) is 16.0 Å². The predicted octanol–water partition coefficient (Wildman–Crippen LogP) is -2.73. The molecule has 0 aliphatic heterocycles. The molecule has 0 aliphatic rings. The average molecular weight is 431 g/mol. The van der Waals surface area contributed by atoms with Gasteiger partial charge in [0.05, 0.1) is 12.5 Å². The molecule has 0 bridgehead atoms. The number of hydrogen-bond donors (Lipinski definition) is 7. The normalized spacial score (nSPS) is 14.5. The van der Waals surface area contributed by atoms with Gasteiger partial charge in [-0.15, -0.1) is 0 Å². The maximum absolute atomic E-state index is 12.7. The van der Waals surface area contributed by atoms with Crippen LogP contribution in [0.25, 0.3) is 0 Å². The Kier molecular flexibility index (Phi) is 11.7. The van der Waals surface area contributed by atoms with Crippen molar-refractivity contribution in [3.63, 3.8) is 0 Å². The number of carboxylic acid groups (broad SMARTS) is 2. The largest absolute Gasteiger partial charge is 0.481 e. The summed E-state index contributed by atoms with van der Waals surface area (Å²) >= 11 is 0. The first-order valence-electron chi connectivity index (χ1n) is 9.24. The molecule has 9 N–H and O–H groups in total. The standard InChI is InChI=1S/C17H29N5O8/c1-3-8(2)14(22-15(28)9(18)6-11(19)23)17(30)21-10(4-5-12(24)25)16(29)20-7-13(26)27/h8-10,14H,3-7,18H2,1-2H3,(H2,19,23)(H,20,29)(H,21,30)(H,22,28)(H,24,25)(H,26,27). The monoisotopic (exact) mass is 431 g/mol. The highest BCUT2D eigenvalue weighted by Gasteiger charge is 2.31. The van der Waals surface area contributed by atoms with Crippen LogP contribution in [-0.4, -0.2) is 70.5 Å². The minimum absolute atomic E-state index is 0.297. The number of carboxylic acids is 2. The quantitative estimate of drug-likeness (QED) is 0.151. The van der Waals surface area contributed by atoms with E-state index < -0.39 is 79.0 Å². The van der Waals surface area contributed by atoms with Crippen molar-refractivity contribution in [2.75, 3.05) is 6.54 Å². The van der Waals surface area contributed by atoms with Crippen molar-refractivity contribution < 1.29 is 39.0 Å². The van der Waals surface area contributed by atoms with E-state index in [4.69, 9.17) is 21.7 Å². The average Bonchev–Trinajstić information content (AvgIpc) is 2.65. The third kappa shape index (κ3) is 10.4. The Morgan fingerprint density at radius 3 is 2.00 bits per heavy atom. The van der Waals surface area contributed by atoms with E-state index in [1.54, 1.807) is 13.8 Å². The van der Waals surface area contributed by atoms with Gasteiger partial charge in [0.1, 0.15) is 18.6 Å². The highest BCUT2D eigenvalue weighted by atomic mass is 16.4. The lowest BCUT2D eigenvalue weighted by Gasteiger charge is -2.27. The second-order valence-corrected chi connectivity index (χ2v) is 6.75. The number of carbonyl (C=O) groups excluding carboxylic acids is 4. The Labute approximate surface area is 172 Å². The van der Waals surface area contributed by atoms with Gasteiger partial charge in [-0.05, 0) is 12.3 Å². The van der Waals surface area contributed by atoms with E-state index in [0.29, 0.717) is 6.42 Å². The molecule has 0 rings (SSSR count). The fraction of sp³-hybridized carbons (Fsp3) is 0.647. The molecule has 0 fully saturated rings. The van der Waals surface area contributed by atoms with Gasteiger partial charge in [-0.2, -0.15) is 0 Å². The van der Waals surface area contributed by atoms with Crippen LogP contribution in [0.5, 0.6) is 0 Å². The van der Waals surface area contributed by atoms with Crippen molar-refractivity contribution in [1.82, 2.24) is 16.0 Å². The summed E-state index contributed by atoms with van der Waals surface area (Å²) in [6.45, 7) is 2.69. The molecule has 0 radical (unpaired) electrons. The van der Waals surface area contributed by atoms with Crippen LogP contribution in [0.1, 0.15) is 39.5 Å². The fourth-order valence-electron chi connectivity index (χ4n) is 2.36. The zero-order valence-electron chi connectivity index (χ0n) is 16.8. The molecule has 0 aliphatic carbocycles. The Balaban J connectivity index is 5.36. The van der Waals surface area contributed by atoms with Crippen LogP contribution >= 0.6 is 0 Å². The predicted molar refractivity (Wildman–Crippen MR) is 103 cm³/mol. The maximum atomic E-state index is 12.7. The molecule has 4 atom stereocenters. The van der Waals surface area contributed by atoms with Crippen molar-refractivity contribution in [3.8, 4) is 0 Å². The van der Waals surface area contributed by atoms with Crippen LogP contribution in [0.2, 0.25) is 0 Å². The molecule has 30 heavy (non-hydrogen) atoms. The fourth-order valence-corrected chi connectivity index (χ4v) is 2.36. The van der Waals surface area contributed by atoms with Crippen LogP contribution in [0.4, 0.5) is 0 Å². The van der Waals surface area contributed by atoms with Crippen LogP contribution in [0, 0.1) is 5.92 Å². The Morgan fingerprint density at radius 2 is 1.53 bits per heavy atom.